The number of nitrogens with two attached hydrogens (primary N) is 1. The van der Waals surface area contributed by atoms with Gasteiger partial charge in [0.25, 0.3) is 0 Å². The fraction of sp³-hybridized carbons (Fsp3) is 0.364. The fourth-order valence-electron chi connectivity index (χ4n) is 1.23. The Morgan fingerprint density at radius 1 is 1.31 bits per heavy atom. The van der Waals surface area contributed by atoms with Crippen LogP contribution in [0.25, 0.3) is 0 Å². The van der Waals surface area contributed by atoms with Gasteiger partial charge in [-0.2, -0.15) is 0 Å². The van der Waals surface area contributed by atoms with Gasteiger partial charge in [-0.1, -0.05) is 31.2 Å². The summed E-state index contributed by atoms with van der Waals surface area (Å²) < 4.78 is 0. The van der Waals surface area contributed by atoms with Crippen LogP contribution in [0, 0.1) is 0 Å². The molecule has 0 aromatic heterocycles. The number of hydrogen-bond donors (Lipinski definition) is 1. The Labute approximate surface area is 78.8 Å². The molecule has 0 radical (unpaired) electrons. The number of benzene rings is 1. The summed E-state index contributed by atoms with van der Waals surface area (Å²) in [5.74, 6) is 0. The number of aryl methyl sites for hydroxylation is 1. The quantitative estimate of drug-likeness (QED) is 0.705. The molecule has 1 rings (SSSR count). The molecule has 0 aliphatic heterocycles. The predicted octanol–water partition coefficient (Wildman–Crippen LogP) is 1.32. The summed E-state index contributed by atoms with van der Waals surface area (Å²) in [5, 5.41) is 0. The van der Waals surface area contributed by atoms with Gasteiger partial charge in [-0.3, -0.25) is 0 Å². The number of hydrogen-bond acceptors (Lipinski definition) is 2. The van der Waals surface area contributed by atoms with Crippen LogP contribution in [0.1, 0.15) is 18.1 Å². The van der Waals surface area contributed by atoms with Crippen molar-refractivity contribution in [2.24, 2.45) is 5.73 Å². The van der Waals surface area contributed by atoms with E-state index in [1.54, 1.807) is 0 Å². The van der Waals surface area contributed by atoms with Gasteiger partial charge < -0.3 is 10.5 Å². The van der Waals surface area contributed by atoms with Crippen LogP contribution in [-0.4, -0.2) is 12.3 Å². The monoisotopic (exact) mass is 177 g/mol. The molecule has 0 aliphatic carbocycles. The molecule has 2 nitrogen and oxygen atoms in total. The SMILES string of the molecule is CCc1ccc(C[C@H](N)C=O)cc1. The maximum Gasteiger partial charge on any atom is 0.137 e. The first-order chi connectivity index (χ1) is 6.26. The number of carbonyl (C=O) groups excluding carboxylic acids is 1. The standard InChI is InChI=1S/C11H15NO/c1-2-9-3-5-10(6-4-9)7-11(12)8-13/h3-6,8,11H,2,7,12H2,1H3/t11-/m0/s1. The number of aldehydes is 1. The molecule has 0 heterocycles. The van der Waals surface area contributed by atoms with Crippen molar-refractivity contribution in [2.75, 3.05) is 0 Å². The summed E-state index contributed by atoms with van der Waals surface area (Å²) in [6.45, 7) is 2.12. The van der Waals surface area contributed by atoms with Crippen LogP contribution >= 0.6 is 0 Å². The molecule has 1 aromatic carbocycles. The highest BCUT2D eigenvalue weighted by molar-refractivity contribution is 5.57. The zero-order valence-electron chi connectivity index (χ0n) is 7.86. The summed E-state index contributed by atoms with van der Waals surface area (Å²) in [7, 11) is 0. The molecule has 0 saturated heterocycles. The lowest BCUT2D eigenvalue weighted by atomic mass is 10.0. The highest BCUT2D eigenvalue weighted by Crippen LogP contribution is 2.06. The molecular formula is C11H15NO. The van der Waals surface area contributed by atoms with E-state index in [0.717, 1.165) is 18.3 Å². The van der Waals surface area contributed by atoms with Crippen molar-refractivity contribution in [3.63, 3.8) is 0 Å². The molecule has 0 fully saturated rings. The van der Waals surface area contributed by atoms with Crippen LogP contribution in [-0.2, 0) is 17.6 Å². The minimum absolute atomic E-state index is 0.368. The Morgan fingerprint density at radius 2 is 1.85 bits per heavy atom. The lowest BCUT2D eigenvalue weighted by molar-refractivity contribution is -0.108. The van der Waals surface area contributed by atoms with Crippen LogP contribution in [0.3, 0.4) is 0 Å². The van der Waals surface area contributed by atoms with Crippen LogP contribution < -0.4 is 5.73 Å². The minimum atomic E-state index is -0.368. The van der Waals surface area contributed by atoms with E-state index < -0.39 is 0 Å². The first-order valence-corrected chi connectivity index (χ1v) is 4.55. The van der Waals surface area contributed by atoms with Gasteiger partial charge in [0.05, 0.1) is 6.04 Å². The van der Waals surface area contributed by atoms with Crippen molar-refractivity contribution in [3.8, 4) is 0 Å². The molecular weight excluding hydrogens is 162 g/mol. The zero-order valence-corrected chi connectivity index (χ0v) is 7.86. The Kier molecular flexibility index (Phi) is 3.65. The van der Waals surface area contributed by atoms with Crippen molar-refractivity contribution >= 4 is 6.29 Å². The second-order valence-corrected chi connectivity index (χ2v) is 3.17. The van der Waals surface area contributed by atoms with Gasteiger partial charge in [0.15, 0.2) is 0 Å². The molecule has 1 aromatic rings. The first kappa shape index (κ1) is 9.93. The summed E-state index contributed by atoms with van der Waals surface area (Å²) in [6.07, 6.45) is 2.46. The summed E-state index contributed by atoms with van der Waals surface area (Å²) in [5.41, 5.74) is 7.94. The van der Waals surface area contributed by atoms with Gasteiger partial charge in [0, 0.05) is 0 Å². The largest absolute Gasteiger partial charge is 0.321 e. The molecule has 0 aliphatic rings. The highest BCUT2D eigenvalue weighted by atomic mass is 16.1. The molecule has 0 spiro atoms. The minimum Gasteiger partial charge on any atom is -0.321 e. The molecule has 2 heteroatoms. The van der Waals surface area contributed by atoms with Gasteiger partial charge in [0.2, 0.25) is 0 Å². The molecule has 0 amide bonds. The third-order valence-corrected chi connectivity index (χ3v) is 2.08. The lowest BCUT2D eigenvalue weighted by Crippen LogP contribution is -2.23. The van der Waals surface area contributed by atoms with Crippen molar-refractivity contribution in [1.29, 1.82) is 0 Å². The van der Waals surface area contributed by atoms with Crippen molar-refractivity contribution in [2.45, 2.75) is 25.8 Å². The molecule has 70 valence electrons. The van der Waals surface area contributed by atoms with Gasteiger partial charge in [0.1, 0.15) is 6.29 Å². The van der Waals surface area contributed by atoms with Crippen LogP contribution in [0.5, 0.6) is 0 Å². The highest BCUT2D eigenvalue weighted by Gasteiger charge is 2.01. The number of rotatable bonds is 4. The van der Waals surface area contributed by atoms with E-state index in [4.69, 9.17) is 5.73 Å². The van der Waals surface area contributed by atoms with E-state index in [0.29, 0.717) is 6.42 Å². The molecule has 1 atom stereocenters. The Balaban J connectivity index is 2.63. The molecule has 13 heavy (non-hydrogen) atoms. The summed E-state index contributed by atoms with van der Waals surface area (Å²) in [6, 6.07) is 7.84. The normalized spacial score (nSPS) is 12.5. The van der Waals surface area contributed by atoms with E-state index in [1.165, 1.54) is 5.56 Å². The van der Waals surface area contributed by atoms with Crippen LogP contribution in [0.4, 0.5) is 0 Å². The molecule has 0 saturated carbocycles. The van der Waals surface area contributed by atoms with E-state index in [-0.39, 0.29) is 6.04 Å². The second kappa shape index (κ2) is 4.77. The third-order valence-electron chi connectivity index (χ3n) is 2.08. The summed E-state index contributed by atoms with van der Waals surface area (Å²) in [4.78, 5) is 10.3. The molecule has 2 N–H and O–H groups in total. The Hall–Kier alpha value is -1.15. The first-order valence-electron chi connectivity index (χ1n) is 4.55. The topological polar surface area (TPSA) is 43.1 Å². The van der Waals surface area contributed by atoms with E-state index in [9.17, 15) is 4.79 Å². The van der Waals surface area contributed by atoms with Gasteiger partial charge >= 0.3 is 0 Å². The molecule has 0 unspecified atom stereocenters. The summed E-state index contributed by atoms with van der Waals surface area (Å²) >= 11 is 0. The predicted molar refractivity (Wildman–Crippen MR) is 53.6 cm³/mol. The third kappa shape index (κ3) is 2.99. The van der Waals surface area contributed by atoms with Gasteiger partial charge in [-0.15, -0.1) is 0 Å². The number of carbonyl (C=O) groups is 1. The van der Waals surface area contributed by atoms with Crippen LogP contribution in [0.15, 0.2) is 24.3 Å². The van der Waals surface area contributed by atoms with E-state index >= 15 is 0 Å². The average Bonchev–Trinajstić information content (AvgIpc) is 2.19. The lowest BCUT2D eigenvalue weighted by Gasteiger charge is -2.04. The Morgan fingerprint density at radius 3 is 2.31 bits per heavy atom. The Bertz CT molecular complexity index is 266. The van der Waals surface area contributed by atoms with Crippen LogP contribution in [0.2, 0.25) is 0 Å². The smallest absolute Gasteiger partial charge is 0.137 e. The maximum absolute atomic E-state index is 10.3. The van der Waals surface area contributed by atoms with Gasteiger partial charge in [-0.25, -0.2) is 0 Å². The van der Waals surface area contributed by atoms with Crippen molar-refractivity contribution in [3.05, 3.63) is 35.4 Å². The van der Waals surface area contributed by atoms with Crippen molar-refractivity contribution in [1.82, 2.24) is 0 Å². The van der Waals surface area contributed by atoms with E-state index in [2.05, 4.69) is 19.1 Å². The average molecular weight is 177 g/mol. The molecule has 0 bridgehead atoms. The van der Waals surface area contributed by atoms with Crippen molar-refractivity contribution < 1.29 is 4.79 Å². The fourth-order valence-corrected chi connectivity index (χ4v) is 1.23. The van der Waals surface area contributed by atoms with E-state index in [1.807, 2.05) is 12.1 Å². The zero-order chi connectivity index (χ0) is 9.68. The maximum atomic E-state index is 10.3. The second-order valence-electron chi connectivity index (χ2n) is 3.17. The van der Waals surface area contributed by atoms with Gasteiger partial charge in [-0.05, 0) is 24.0 Å².